The summed E-state index contributed by atoms with van der Waals surface area (Å²) in [6.45, 7) is 4.28. The first-order chi connectivity index (χ1) is 7.44. The number of benzene rings is 1. The van der Waals surface area contributed by atoms with Crippen LogP contribution in [0.4, 0.5) is 0 Å². The van der Waals surface area contributed by atoms with Gasteiger partial charge in [0.05, 0.1) is 0 Å². The first-order valence-corrected chi connectivity index (χ1v) is 7.20. The predicted octanol–water partition coefficient (Wildman–Crippen LogP) is 1.09. The Morgan fingerprint density at radius 2 is 1.44 bits per heavy atom. The second-order valence-electron chi connectivity index (χ2n) is 3.50. The largest absolute Gasteiger partial charge is 0.496 e. The fourth-order valence-corrected chi connectivity index (χ4v) is 3.60. The fourth-order valence-electron chi connectivity index (χ4n) is 1.43. The lowest BCUT2D eigenvalue weighted by Crippen LogP contribution is -2.52. The van der Waals surface area contributed by atoms with E-state index in [4.69, 9.17) is 8.85 Å². The normalized spacial score (nSPS) is 10.7. The summed E-state index contributed by atoms with van der Waals surface area (Å²) in [5, 5.41) is 0.750. The van der Waals surface area contributed by atoms with Crippen molar-refractivity contribution >= 4 is 25.7 Å². The first kappa shape index (κ1) is 12.4. The van der Waals surface area contributed by atoms with E-state index in [1.807, 2.05) is 18.2 Å². The molecule has 1 rings (SSSR count). The zero-order chi connectivity index (χ0) is 12.2. The maximum absolute atomic E-state index is 11.0. The summed E-state index contributed by atoms with van der Waals surface area (Å²) in [7, 11) is -2.95. The molecule has 0 amide bonds. The van der Waals surface area contributed by atoms with Gasteiger partial charge in [-0.3, -0.25) is 9.59 Å². The van der Waals surface area contributed by atoms with Crippen LogP contribution in [0.3, 0.4) is 0 Å². The third-order valence-electron chi connectivity index (χ3n) is 1.98. The fraction of sp³-hybridized carbons (Fsp3) is 0.273. The van der Waals surface area contributed by atoms with E-state index in [0.717, 1.165) is 5.19 Å². The Labute approximate surface area is 95.4 Å². The first-order valence-electron chi connectivity index (χ1n) is 4.89. The highest BCUT2D eigenvalue weighted by atomic mass is 28.4. The minimum Gasteiger partial charge on any atom is -0.482 e. The molecule has 0 heterocycles. The molecule has 0 unspecified atom stereocenters. The molecule has 0 aliphatic carbocycles. The Kier molecular flexibility index (Phi) is 3.84. The molecule has 16 heavy (non-hydrogen) atoms. The van der Waals surface area contributed by atoms with Gasteiger partial charge in [0.25, 0.3) is 11.9 Å². The summed E-state index contributed by atoms with van der Waals surface area (Å²) >= 11 is 0. The summed E-state index contributed by atoms with van der Waals surface area (Å²) in [4.78, 5) is 22.1. The molecule has 0 aliphatic rings. The molecule has 0 bridgehead atoms. The Balaban J connectivity index is 3.04. The maximum Gasteiger partial charge on any atom is 0.496 e. The van der Waals surface area contributed by atoms with Crippen LogP contribution in [0.2, 0.25) is 6.55 Å². The predicted molar refractivity (Wildman–Crippen MR) is 61.2 cm³/mol. The number of carbonyl (C=O) groups is 2. The van der Waals surface area contributed by atoms with Crippen molar-refractivity contribution in [3.05, 3.63) is 30.3 Å². The van der Waals surface area contributed by atoms with Crippen molar-refractivity contribution in [2.75, 3.05) is 0 Å². The van der Waals surface area contributed by atoms with Crippen molar-refractivity contribution in [3.8, 4) is 0 Å². The van der Waals surface area contributed by atoms with Gasteiger partial charge < -0.3 is 8.85 Å². The third-order valence-corrected chi connectivity index (χ3v) is 4.71. The lowest BCUT2D eigenvalue weighted by atomic mass is 10.4. The van der Waals surface area contributed by atoms with E-state index >= 15 is 0 Å². The van der Waals surface area contributed by atoms with Gasteiger partial charge in [0.15, 0.2) is 0 Å². The van der Waals surface area contributed by atoms with Crippen LogP contribution >= 0.6 is 0 Å². The highest BCUT2D eigenvalue weighted by Gasteiger charge is 2.40. The molecule has 0 N–H and O–H groups in total. The van der Waals surface area contributed by atoms with Gasteiger partial charge in [0, 0.05) is 25.6 Å². The zero-order valence-corrected chi connectivity index (χ0v) is 10.5. The van der Waals surface area contributed by atoms with Gasteiger partial charge in [-0.05, 0) is 0 Å². The smallest absolute Gasteiger partial charge is 0.482 e. The average Bonchev–Trinajstić information content (AvgIpc) is 2.16. The number of hydrogen-bond donors (Lipinski definition) is 0. The molecule has 4 nitrogen and oxygen atoms in total. The van der Waals surface area contributed by atoms with Crippen LogP contribution in [-0.2, 0) is 18.4 Å². The van der Waals surface area contributed by atoms with Crippen molar-refractivity contribution in [3.63, 3.8) is 0 Å². The summed E-state index contributed by atoms with van der Waals surface area (Å²) < 4.78 is 10.4. The molecule has 0 saturated heterocycles. The van der Waals surface area contributed by atoms with Crippen LogP contribution < -0.4 is 5.19 Å². The highest BCUT2D eigenvalue weighted by Crippen LogP contribution is 2.08. The van der Waals surface area contributed by atoms with Crippen LogP contribution in [0, 0.1) is 0 Å². The lowest BCUT2D eigenvalue weighted by Gasteiger charge is -2.24. The summed E-state index contributed by atoms with van der Waals surface area (Å²) in [5.74, 6) is -0.890. The van der Waals surface area contributed by atoms with Gasteiger partial charge in [-0.15, -0.1) is 0 Å². The summed E-state index contributed by atoms with van der Waals surface area (Å²) in [6.07, 6.45) is 0. The van der Waals surface area contributed by atoms with Gasteiger partial charge in [0.2, 0.25) is 0 Å². The Hall–Kier alpha value is -1.62. The molecule has 0 atom stereocenters. The molecule has 0 radical (unpaired) electrons. The third kappa shape index (κ3) is 3.20. The molecule has 0 aromatic heterocycles. The van der Waals surface area contributed by atoms with Crippen molar-refractivity contribution in [1.82, 2.24) is 0 Å². The van der Waals surface area contributed by atoms with Gasteiger partial charge in [-0.1, -0.05) is 30.3 Å². The minimum atomic E-state index is -2.95. The van der Waals surface area contributed by atoms with Crippen molar-refractivity contribution in [2.45, 2.75) is 20.4 Å². The van der Waals surface area contributed by atoms with E-state index in [1.165, 1.54) is 13.8 Å². The molecule has 86 valence electrons. The molecule has 1 aromatic rings. The standard InChI is InChI=1S/C11H14O4Si/c1-9(12)14-16(3,15-10(2)13)11-7-5-4-6-8-11/h4-8H,1-3H3. The van der Waals surface area contributed by atoms with E-state index in [1.54, 1.807) is 18.7 Å². The van der Waals surface area contributed by atoms with Crippen molar-refractivity contribution < 1.29 is 18.4 Å². The van der Waals surface area contributed by atoms with E-state index in [9.17, 15) is 9.59 Å². The molecule has 0 fully saturated rings. The van der Waals surface area contributed by atoms with E-state index in [0.29, 0.717) is 0 Å². The van der Waals surface area contributed by atoms with E-state index in [2.05, 4.69) is 0 Å². The van der Waals surface area contributed by atoms with Crippen LogP contribution in [0.5, 0.6) is 0 Å². The van der Waals surface area contributed by atoms with Gasteiger partial charge in [-0.2, -0.15) is 0 Å². The van der Waals surface area contributed by atoms with Crippen LogP contribution in [0.1, 0.15) is 13.8 Å². The Morgan fingerprint density at radius 3 is 1.81 bits per heavy atom. The second kappa shape index (κ2) is 4.94. The quantitative estimate of drug-likeness (QED) is 0.740. The van der Waals surface area contributed by atoms with Gasteiger partial charge in [0.1, 0.15) is 0 Å². The molecule has 0 saturated carbocycles. The van der Waals surface area contributed by atoms with E-state index in [-0.39, 0.29) is 0 Å². The molecule has 0 spiro atoms. The molecule has 0 aliphatic heterocycles. The lowest BCUT2D eigenvalue weighted by molar-refractivity contribution is -0.138. The topological polar surface area (TPSA) is 52.6 Å². The minimum absolute atomic E-state index is 0.445. The summed E-state index contributed by atoms with van der Waals surface area (Å²) in [5.41, 5.74) is 0. The SMILES string of the molecule is CC(=O)O[Si](C)(OC(C)=O)c1ccccc1. The highest BCUT2D eigenvalue weighted by molar-refractivity contribution is 6.82. The van der Waals surface area contributed by atoms with Gasteiger partial charge >= 0.3 is 8.56 Å². The number of rotatable bonds is 3. The average molecular weight is 238 g/mol. The zero-order valence-electron chi connectivity index (χ0n) is 9.52. The molecule has 5 heteroatoms. The summed E-state index contributed by atoms with van der Waals surface area (Å²) in [6, 6.07) is 9.05. The van der Waals surface area contributed by atoms with Gasteiger partial charge in [-0.25, -0.2) is 0 Å². The van der Waals surface area contributed by atoms with Crippen molar-refractivity contribution in [2.24, 2.45) is 0 Å². The van der Waals surface area contributed by atoms with Crippen LogP contribution in [-0.4, -0.2) is 20.5 Å². The van der Waals surface area contributed by atoms with Crippen molar-refractivity contribution in [1.29, 1.82) is 0 Å². The Bertz CT molecular complexity index is 372. The molecular weight excluding hydrogens is 224 g/mol. The molecular formula is C11H14O4Si. The second-order valence-corrected chi connectivity index (χ2v) is 6.38. The van der Waals surface area contributed by atoms with E-state index < -0.39 is 20.5 Å². The number of carbonyl (C=O) groups excluding carboxylic acids is 2. The monoisotopic (exact) mass is 238 g/mol. The van der Waals surface area contributed by atoms with Crippen LogP contribution in [0.25, 0.3) is 0 Å². The number of hydrogen-bond acceptors (Lipinski definition) is 4. The van der Waals surface area contributed by atoms with Crippen LogP contribution in [0.15, 0.2) is 30.3 Å². The maximum atomic E-state index is 11.0. The Morgan fingerprint density at radius 1 is 1.00 bits per heavy atom. The molecule has 1 aromatic carbocycles.